The van der Waals surface area contributed by atoms with E-state index >= 15 is 0 Å². The standard InChI is InChI=1S/C29H27Cl2N5O2/c1-19(37)28-33-36(22-10-11-25(30)26(31)16-22)29(24-17-32-27-5-3-2-4-23(24)27)35(28)21-8-6-20(7-9-21)18-34-12-14-38-15-13-34/h2-11,16-17,29,32H,12-15,18H2,1H3/p+1/t29-/m0/s1. The van der Waals surface area contributed by atoms with E-state index in [4.69, 9.17) is 33.0 Å². The van der Waals surface area contributed by atoms with Crippen LogP contribution in [0, 0.1) is 0 Å². The van der Waals surface area contributed by atoms with Crippen molar-refractivity contribution < 1.29 is 14.4 Å². The van der Waals surface area contributed by atoms with E-state index < -0.39 is 6.17 Å². The minimum atomic E-state index is -0.419. The van der Waals surface area contributed by atoms with Crippen LogP contribution in [0.25, 0.3) is 10.9 Å². The molecule has 0 bridgehead atoms. The predicted octanol–water partition coefficient (Wildman–Crippen LogP) is 4.82. The molecule has 0 spiro atoms. The van der Waals surface area contributed by atoms with Gasteiger partial charge in [0, 0.05) is 40.8 Å². The Labute approximate surface area is 231 Å². The molecule has 194 valence electrons. The van der Waals surface area contributed by atoms with Crippen molar-refractivity contribution in [3.63, 3.8) is 0 Å². The number of para-hydroxylation sites is 1. The third-order valence-corrected chi connectivity index (χ3v) is 7.90. The van der Waals surface area contributed by atoms with Crippen molar-refractivity contribution in [1.82, 2.24) is 4.98 Å². The Morgan fingerprint density at radius 3 is 2.50 bits per heavy atom. The molecule has 0 amide bonds. The highest BCUT2D eigenvalue weighted by molar-refractivity contribution is 6.44. The van der Waals surface area contributed by atoms with Gasteiger partial charge in [0.15, 0.2) is 17.8 Å². The number of hydrazone groups is 1. The summed E-state index contributed by atoms with van der Waals surface area (Å²) in [5.41, 5.74) is 4.88. The largest absolute Gasteiger partial charge is 0.370 e. The summed E-state index contributed by atoms with van der Waals surface area (Å²) in [6.07, 6.45) is 1.57. The SMILES string of the molecule is CC(=O)C1=NN(c2ccc(Cl)c(Cl)c2)[C@@H](c2c[nH]c3ccccc23)N1c1ccc(C[NH+]2CCOCC2)cc1. The summed E-state index contributed by atoms with van der Waals surface area (Å²) in [4.78, 5) is 19.9. The van der Waals surface area contributed by atoms with Crippen LogP contribution in [0.3, 0.4) is 0 Å². The molecule has 3 heterocycles. The maximum Gasteiger partial charge on any atom is 0.198 e. The molecule has 0 aliphatic carbocycles. The van der Waals surface area contributed by atoms with Crippen molar-refractivity contribution in [1.29, 1.82) is 0 Å². The number of Topliss-reactive ketones (excluding diaryl/α,β-unsaturated/α-hetero) is 1. The predicted molar refractivity (Wildman–Crippen MR) is 152 cm³/mol. The normalized spacial score (nSPS) is 18.3. The minimum Gasteiger partial charge on any atom is -0.370 e. The van der Waals surface area contributed by atoms with Gasteiger partial charge in [-0.3, -0.25) is 9.69 Å². The fraction of sp³-hybridized carbons (Fsp3) is 0.241. The van der Waals surface area contributed by atoms with Gasteiger partial charge in [-0.1, -0.05) is 53.5 Å². The highest BCUT2D eigenvalue weighted by Crippen LogP contribution is 2.42. The van der Waals surface area contributed by atoms with Gasteiger partial charge in [0.2, 0.25) is 0 Å². The molecule has 2 aliphatic heterocycles. The minimum absolute atomic E-state index is 0.126. The van der Waals surface area contributed by atoms with Crippen LogP contribution in [0.1, 0.15) is 24.2 Å². The summed E-state index contributed by atoms with van der Waals surface area (Å²) < 4.78 is 5.50. The molecule has 3 aromatic carbocycles. The molecular formula is C29H28Cl2N5O2+. The Bertz CT molecular complexity index is 1510. The van der Waals surface area contributed by atoms with E-state index in [9.17, 15) is 4.79 Å². The van der Waals surface area contributed by atoms with Gasteiger partial charge in [0.1, 0.15) is 19.6 Å². The first-order valence-corrected chi connectivity index (χ1v) is 13.4. The Kier molecular flexibility index (Phi) is 6.84. The number of benzene rings is 3. The van der Waals surface area contributed by atoms with Crippen LogP contribution in [0.5, 0.6) is 0 Å². The van der Waals surface area contributed by atoms with E-state index in [1.165, 1.54) is 10.5 Å². The number of aromatic nitrogens is 1. The Morgan fingerprint density at radius 1 is 1.03 bits per heavy atom. The van der Waals surface area contributed by atoms with Gasteiger partial charge in [-0.05, 0) is 36.4 Å². The van der Waals surface area contributed by atoms with Crippen molar-refractivity contribution >= 4 is 57.1 Å². The van der Waals surface area contributed by atoms with Gasteiger partial charge in [-0.25, -0.2) is 5.01 Å². The highest BCUT2D eigenvalue weighted by Gasteiger charge is 2.40. The summed E-state index contributed by atoms with van der Waals surface area (Å²) in [6.45, 7) is 6.12. The summed E-state index contributed by atoms with van der Waals surface area (Å²) in [5, 5.41) is 8.63. The zero-order valence-electron chi connectivity index (χ0n) is 21.0. The zero-order valence-corrected chi connectivity index (χ0v) is 22.5. The van der Waals surface area contributed by atoms with Gasteiger partial charge >= 0.3 is 0 Å². The van der Waals surface area contributed by atoms with Gasteiger partial charge in [-0.2, -0.15) is 0 Å². The summed E-state index contributed by atoms with van der Waals surface area (Å²) >= 11 is 12.6. The number of amidine groups is 1. The molecule has 0 unspecified atom stereocenters. The van der Waals surface area contributed by atoms with Gasteiger partial charge in [-0.15, -0.1) is 5.10 Å². The number of carbonyl (C=O) groups excluding carboxylic acids is 1. The molecular weight excluding hydrogens is 521 g/mol. The quantitative estimate of drug-likeness (QED) is 0.362. The molecule has 9 heteroatoms. The lowest BCUT2D eigenvalue weighted by Crippen LogP contribution is -3.12. The lowest BCUT2D eigenvalue weighted by atomic mass is 10.1. The van der Waals surface area contributed by atoms with Gasteiger partial charge < -0.3 is 14.6 Å². The van der Waals surface area contributed by atoms with E-state index in [0.29, 0.717) is 15.9 Å². The van der Waals surface area contributed by atoms with Crippen LogP contribution in [0.15, 0.2) is 78.0 Å². The first kappa shape index (κ1) is 24.9. The number of quaternary nitrogens is 1. The maximum atomic E-state index is 13.0. The molecule has 1 atom stereocenters. The highest BCUT2D eigenvalue weighted by atomic mass is 35.5. The van der Waals surface area contributed by atoms with E-state index in [0.717, 1.165) is 60.7 Å². The third-order valence-electron chi connectivity index (χ3n) is 7.16. The number of aromatic amines is 1. The lowest BCUT2D eigenvalue weighted by Gasteiger charge is -2.32. The second-order valence-corrected chi connectivity index (χ2v) is 10.5. The van der Waals surface area contributed by atoms with Crippen LogP contribution < -0.4 is 14.8 Å². The number of carbonyl (C=O) groups is 1. The molecule has 1 saturated heterocycles. The molecule has 7 nitrogen and oxygen atoms in total. The lowest BCUT2D eigenvalue weighted by molar-refractivity contribution is -0.921. The second-order valence-electron chi connectivity index (χ2n) is 9.66. The van der Waals surface area contributed by atoms with Crippen LogP contribution >= 0.6 is 23.2 Å². The number of ketones is 1. The number of rotatable bonds is 6. The molecule has 38 heavy (non-hydrogen) atoms. The topological polar surface area (TPSA) is 65.4 Å². The number of hydrogen-bond donors (Lipinski definition) is 2. The van der Waals surface area contributed by atoms with E-state index in [1.54, 1.807) is 19.1 Å². The van der Waals surface area contributed by atoms with E-state index in [1.807, 2.05) is 40.4 Å². The van der Waals surface area contributed by atoms with Crippen molar-refractivity contribution in [3.8, 4) is 0 Å². The first-order valence-electron chi connectivity index (χ1n) is 12.7. The Hall–Kier alpha value is -3.36. The van der Waals surface area contributed by atoms with Crippen molar-refractivity contribution in [2.75, 3.05) is 36.2 Å². The monoisotopic (exact) mass is 548 g/mol. The first-order chi connectivity index (χ1) is 18.5. The fourth-order valence-electron chi connectivity index (χ4n) is 5.24. The van der Waals surface area contributed by atoms with E-state index in [-0.39, 0.29) is 5.78 Å². The Balaban J connectivity index is 1.44. The number of ether oxygens (including phenoxy) is 1. The third kappa shape index (κ3) is 4.67. The number of hydrogen-bond acceptors (Lipinski definition) is 5. The number of morpholine rings is 1. The molecule has 6 rings (SSSR count). The van der Waals surface area contributed by atoms with Crippen molar-refractivity contribution in [2.45, 2.75) is 19.6 Å². The average Bonchev–Trinajstić information content (AvgIpc) is 3.53. The summed E-state index contributed by atoms with van der Waals surface area (Å²) in [5.74, 6) is 0.233. The summed E-state index contributed by atoms with van der Waals surface area (Å²) in [7, 11) is 0. The number of halogens is 2. The molecule has 2 aliphatic rings. The number of anilines is 2. The number of nitrogens with zero attached hydrogens (tertiary/aromatic N) is 3. The smallest absolute Gasteiger partial charge is 0.198 e. The van der Waals surface area contributed by atoms with Gasteiger partial charge in [0.25, 0.3) is 0 Å². The van der Waals surface area contributed by atoms with E-state index in [2.05, 4.69) is 35.3 Å². The van der Waals surface area contributed by atoms with Crippen LogP contribution in [-0.2, 0) is 16.1 Å². The summed E-state index contributed by atoms with van der Waals surface area (Å²) in [6, 6.07) is 22.0. The fourth-order valence-corrected chi connectivity index (χ4v) is 5.53. The average molecular weight is 549 g/mol. The van der Waals surface area contributed by atoms with Crippen LogP contribution in [0.4, 0.5) is 11.4 Å². The maximum absolute atomic E-state index is 13.0. The molecule has 1 aromatic heterocycles. The second kappa shape index (κ2) is 10.4. The van der Waals surface area contributed by atoms with Crippen LogP contribution in [0.2, 0.25) is 10.0 Å². The van der Waals surface area contributed by atoms with Crippen molar-refractivity contribution in [2.24, 2.45) is 5.10 Å². The molecule has 4 aromatic rings. The number of nitrogens with one attached hydrogen (secondary N) is 2. The molecule has 0 saturated carbocycles. The molecule has 2 N–H and O–H groups in total. The van der Waals surface area contributed by atoms with Gasteiger partial charge in [0.05, 0.1) is 28.9 Å². The molecule has 1 fully saturated rings. The van der Waals surface area contributed by atoms with Crippen LogP contribution in [-0.4, -0.2) is 42.9 Å². The number of fused-ring (bicyclic) bond motifs is 1. The molecule has 0 radical (unpaired) electrons. The Morgan fingerprint density at radius 2 is 1.76 bits per heavy atom. The number of H-pyrrole nitrogens is 1. The van der Waals surface area contributed by atoms with Crippen molar-refractivity contribution in [3.05, 3.63) is 94.1 Å². The zero-order chi connectivity index (χ0) is 26.2.